The van der Waals surface area contributed by atoms with E-state index in [2.05, 4.69) is 5.32 Å². The average molecular weight is 504 g/mol. The van der Waals surface area contributed by atoms with Crippen molar-refractivity contribution < 1.29 is 14.0 Å². The molecule has 0 saturated heterocycles. The number of nitrogens with one attached hydrogen (secondary N) is 1. The molecule has 1 atom stereocenters. The van der Waals surface area contributed by atoms with Crippen LogP contribution in [-0.4, -0.2) is 34.5 Å². The van der Waals surface area contributed by atoms with Crippen molar-refractivity contribution in [3.63, 3.8) is 0 Å². The van der Waals surface area contributed by atoms with E-state index in [1.165, 1.54) is 12.1 Å². The molecule has 2 aliphatic rings. The van der Waals surface area contributed by atoms with E-state index < -0.39 is 6.04 Å². The highest BCUT2D eigenvalue weighted by Gasteiger charge is 2.39. The Labute approximate surface area is 215 Å². The van der Waals surface area contributed by atoms with Gasteiger partial charge in [0.15, 0.2) is 6.04 Å². The third-order valence-corrected chi connectivity index (χ3v) is 7.06. The molecule has 0 bridgehead atoms. The van der Waals surface area contributed by atoms with Crippen LogP contribution in [0.15, 0.2) is 77.8 Å². The minimum atomic E-state index is -0.993. The third kappa shape index (κ3) is 5.19. The molecule has 5 rings (SSSR count). The van der Waals surface area contributed by atoms with Crippen molar-refractivity contribution in [2.75, 3.05) is 0 Å². The standard InChI is InChI=1S/C29H27ClFN3O2/c30-21-14-10-19(11-15-21)18-34-27(28(35)32-23-6-2-1-3-7-23)26(20-12-16-22(31)17-13-20)33-25-9-5-4-8-24(25)29(34)36/h4-5,8-17,23,27H,1-3,6-7,18H2,(H,32,35). The van der Waals surface area contributed by atoms with Crippen molar-refractivity contribution in [3.05, 3.63) is 100 Å². The smallest absolute Gasteiger partial charge is 0.257 e. The summed E-state index contributed by atoms with van der Waals surface area (Å²) in [5.41, 5.74) is 2.73. The minimum Gasteiger partial charge on any atom is -0.351 e. The second-order valence-electron chi connectivity index (χ2n) is 9.33. The van der Waals surface area contributed by atoms with Gasteiger partial charge < -0.3 is 10.2 Å². The van der Waals surface area contributed by atoms with Crippen LogP contribution in [0.4, 0.5) is 10.1 Å². The van der Waals surface area contributed by atoms with Crippen LogP contribution >= 0.6 is 11.6 Å². The van der Waals surface area contributed by atoms with Crippen LogP contribution in [0.1, 0.15) is 53.6 Å². The van der Waals surface area contributed by atoms with E-state index >= 15 is 0 Å². The molecular weight excluding hydrogens is 477 g/mol. The zero-order valence-electron chi connectivity index (χ0n) is 19.8. The molecule has 1 N–H and O–H groups in total. The topological polar surface area (TPSA) is 61.8 Å². The number of halogens is 2. The zero-order chi connectivity index (χ0) is 25.1. The first-order valence-corrected chi connectivity index (χ1v) is 12.7. The van der Waals surface area contributed by atoms with Gasteiger partial charge in [0.1, 0.15) is 5.82 Å². The fraction of sp³-hybridized carbons (Fsp3) is 0.276. The molecule has 1 saturated carbocycles. The molecule has 0 spiro atoms. The Kier molecular flexibility index (Phi) is 7.14. The van der Waals surface area contributed by atoms with E-state index in [1.807, 2.05) is 18.2 Å². The summed E-state index contributed by atoms with van der Waals surface area (Å²) < 4.78 is 13.8. The highest BCUT2D eigenvalue weighted by molar-refractivity contribution is 6.30. The van der Waals surface area contributed by atoms with Crippen molar-refractivity contribution >= 4 is 34.8 Å². The van der Waals surface area contributed by atoms with Gasteiger partial charge in [0.05, 0.1) is 17.0 Å². The predicted octanol–water partition coefficient (Wildman–Crippen LogP) is 6.07. The maximum absolute atomic E-state index is 13.9. The number of fused-ring (bicyclic) bond motifs is 1. The molecule has 1 fully saturated rings. The molecule has 7 heteroatoms. The molecule has 3 aromatic rings. The van der Waals surface area contributed by atoms with Gasteiger partial charge in [-0.25, -0.2) is 9.38 Å². The van der Waals surface area contributed by atoms with Crippen molar-refractivity contribution in [3.8, 4) is 0 Å². The van der Waals surface area contributed by atoms with Crippen LogP contribution in [0, 0.1) is 5.82 Å². The number of para-hydroxylation sites is 1. The van der Waals surface area contributed by atoms with Gasteiger partial charge in [0.2, 0.25) is 5.91 Å². The number of aliphatic imine (C=N–C) groups is 1. The second-order valence-corrected chi connectivity index (χ2v) is 9.76. The Balaban J connectivity index is 1.62. The highest BCUT2D eigenvalue weighted by atomic mass is 35.5. The van der Waals surface area contributed by atoms with Gasteiger partial charge in [-0.05, 0) is 60.4 Å². The lowest BCUT2D eigenvalue weighted by Gasteiger charge is -2.33. The number of rotatable bonds is 5. The Morgan fingerprint density at radius 2 is 1.67 bits per heavy atom. The van der Waals surface area contributed by atoms with Crippen LogP contribution < -0.4 is 5.32 Å². The van der Waals surface area contributed by atoms with Crippen LogP contribution in [0.5, 0.6) is 0 Å². The lowest BCUT2D eigenvalue weighted by atomic mass is 9.94. The van der Waals surface area contributed by atoms with Gasteiger partial charge in [-0.15, -0.1) is 0 Å². The molecule has 0 aromatic heterocycles. The molecule has 5 nitrogen and oxygen atoms in total. The van der Waals surface area contributed by atoms with Gasteiger partial charge in [0, 0.05) is 17.6 Å². The molecule has 184 valence electrons. The van der Waals surface area contributed by atoms with Crippen LogP contribution in [0.2, 0.25) is 5.02 Å². The van der Waals surface area contributed by atoms with E-state index in [-0.39, 0.29) is 30.2 Å². The third-order valence-electron chi connectivity index (χ3n) is 6.81. The van der Waals surface area contributed by atoms with Crippen LogP contribution in [-0.2, 0) is 11.3 Å². The summed E-state index contributed by atoms with van der Waals surface area (Å²) >= 11 is 6.09. The number of amides is 2. The van der Waals surface area contributed by atoms with E-state index in [4.69, 9.17) is 16.6 Å². The minimum absolute atomic E-state index is 0.0545. The SMILES string of the molecule is O=C(NC1CCCCC1)C1C(c2ccc(F)cc2)=Nc2ccccc2C(=O)N1Cc1ccc(Cl)cc1. The fourth-order valence-electron chi connectivity index (χ4n) is 4.95. The summed E-state index contributed by atoms with van der Waals surface area (Å²) in [6.45, 7) is 0.188. The number of carbonyl (C=O) groups is 2. The van der Waals surface area contributed by atoms with Gasteiger partial charge in [-0.2, -0.15) is 0 Å². The van der Waals surface area contributed by atoms with Crippen LogP contribution in [0.3, 0.4) is 0 Å². The maximum Gasteiger partial charge on any atom is 0.257 e. The highest BCUT2D eigenvalue weighted by Crippen LogP contribution is 2.30. The zero-order valence-corrected chi connectivity index (χ0v) is 20.5. The largest absolute Gasteiger partial charge is 0.351 e. The predicted molar refractivity (Wildman–Crippen MR) is 139 cm³/mol. The average Bonchev–Trinajstić information content (AvgIpc) is 3.01. The first-order valence-electron chi connectivity index (χ1n) is 12.3. The summed E-state index contributed by atoms with van der Waals surface area (Å²) in [6.07, 6.45) is 5.11. The molecule has 1 unspecified atom stereocenters. The first kappa shape index (κ1) is 24.2. The number of nitrogens with zero attached hydrogens (tertiary/aromatic N) is 2. The number of benzene rings is 3. The Morgan fingerprint density at radius 3 is 2.39 bits per heavy atom. The van der Waals surface area contributed by atoms with Gasteiger partial charge in [-0.1, -0.05) is 67.3 Å². The fourth-order valence-corrected chi connectivity index (χ4v) is 5.07. The summed E-state index contributed by atoms with van der Waals surface area (Å²) in [4.78, 5) is 34.3. The van der Waals surface area contributed by atoms with Gasteiger partial charge in [0.25, 0.3) is 5.91 Å². The van der Waals surface area contributed by atoms with Crippen molar-refractivity contribution in [2.45, 2.75) is 50.7 Å². The number of hydrogen-bond donors (Lipinski definition) is 1. The van der Waals surface area contributed by atoms with Crippen molar-refractivity contribution in [1.82, 2.24) is 10.2 Å². The summed E-state index contributed by atoms with van der Waals surface area (Å²) in [6, 6.07) is 19.3. The van der Waals surface area contributed by atoms with E-state index in [9.17, 15) is 14.0 Å². The molecule has 2 amide bonds. The Morgan fingerprint density at radius 1 is 0.972 bits per heavy atom. The second kappa shape index (κ2) is 10.6. The summed E-state index contributed by atoms with van der Waals surface area (Å²) in [5, 5.41) is 3.78. The molecule has 36 heavy (non-hydrogen) atoms. The quantitative estimate of drug-likeness (QED) is 0.459. The van der Waals surface area contributed by atoms with E-state index in [0.717, 1.165) is 37.7 Å². The van der Waals surface area contributed by atoms with E-state index in [0.29, 0.717) is 27.5 Å². The van der Waals surface area contributed by atoms with Gasteiger partial charge in [-0.3, -0.25) is 9.59 Å². The Bertz CT molecular complexity index is 1280. The molecule has 1 aliphatic carbocycles. The number of hydrogen-bond acceptors (Lipinski definition) is 3. The molecule has 1 heterocycles. The van der Waals surface area contributed by atoms with Crippen molar-refractivity contribution in [2.24, 2.45) is 4.99 Å². The first-order chi connectivity index (χ1) is 17.5. The molecule has 3 aromatic carbocycles. The normalized spacial score (nSPS) is 18.3. The molecule has 1 aliphatic heterocycles. The van der Waals surface area contributed by atoms with E-state index in [1.54, 1.807) is 47.4 Å². The maximum atomic E-state index is 13.9. The Hall–Kier alpha value is -3.51. The van der Waals surface area contributed by atoms with Crippen LogP contribution in [0.25, 0.3) is 0 Å². The van der Waals surface area contributed by atoms with Gasteiger partial charge >= 0.3 is 0 Å². The monoisotopic (exact) mass is 503 g/mol. The number of carbonyl (C=O) groups excluding carboxylic acids is 2. The summed E-state index contributed by atoms with van der Waals surface area (Å²) in [5.74, 6) is -0.948. The molecule has 0 radical (unpaired) electrons. The van der Waals surface area contributed by atoms with Crippen molar-refractivity contribution in [1.29, 1.82) is 0 Å². The molecular formula is C29H27ClFN3O2. The summed E-state index contributed by atoms with van der Waals surface area (Å²) in [7, 11) is 0. The lowest BCUT2D eigenvalue weighted by molar-refractivity contribution is -0.124. The lowest BCUT2D eigenvalue weighted by Crippen LogP contribution is -2.55.